The zero-order valence-corrected chi connectivity index (χ0v) is 20.7. The molecule has 0 aliphatic carbocycles. The molecule has 2 aromatic carbocycles. The van der Waals surface area contributed by atoms with Crippen LogP contribution in [0.1, 0.15) is 78.1 Å². The standard InChI is InChI=1S/C9H12N2.C9H11N.4C2H6/c1-10-9-6-11-8-5-3-2-4-7(8)9;1-7-3-2-4-9-8(7)5-6-10-9;4*1-2/h2-5,9-11H,6H2,1H3;2-4,10H,5-6H2,1H3;4*1-2H3. The highest BCUT2D eigenvalue weighted by Crippen LogP contribution is 2.28. The highest BCUT2D eigenvalue weighted by atomic mass is 15.0. The Kier molecular flexibility index (Phi) is 19.5. The van der Waals surface area contributed by atoms with Crippen LogP contribution in [0.4, 0.5) is 11.4 Å². The van der Waals surface area contributed by atoms with Gasteiger partial charge in [0, 0.05) is 24.5 Å². The van der Waals surface area contributed by atoms with E-state index in [-0.39, 0.29) is 0 Å². The number of hydrogen-bond acceptors (Lipinski definition) is 3. The van der Waals surface area contributed by atoms with Gasteiger partial charge in [-0.25, -0.2) is 0 Å². The molecular formula is C26H47N3. The van der Waals surface area contributed by atoms with Crippen molar-refractivity contribution in [1.29, 1.82) is 0 Å². The minimum atomic E-state index is 0.492. The largest absolute Gasteiger partial charge is 0.384 e. The van der Waals surface area contributed by atoms with E-state index in [9.17, 15) is 0 Å². The van der Waals surface area contributed by atoms with Gasteiger partial charge in [0.1, 0.15) is 0 Å². The summed E-state index contributed by atoms with van der Waals surface area (Å²) in [6.45, 7) is 20.3. The quantitative estimate of drug-likeness (QED) is 0.464. The van der Waals surface area contributed by atoms with E-state index >= 15 is 0 Å². The molecule has 0 amide bonds. The molecule has 2 aromatic rings. The Morgan fingerprint density at radius 1 is 0.759 bits per heavy atom. The fraction of sp³-hybridized carbons (Fsp3) is 0.538. The molecule has 0 saturated heterocycles. The van der Waals surface area contributed by atoms with E-state index in [4.69, 9.17) is 0 Å². The minimum Gasteiger partial charge on any atom is -0.384 e. The summed E-state index contributed by atoms with van der Waals surface area (Å²) < 4.78 is 0. The van der Waals surface area contributed by atoms with E-state index in [1.54, 1.807) is 0 Å². The molecule has 0 bridgehead atoms. The summed E-state index contributed by atoms with van der Waals surface area (Å²) >= 11 is 0. The molecular weight excluding hydrogens is 354 g/mol. The lowest BCUT2D eigenvalue weighted by atomic mass is 10.1. The molecule has 0 radical (unpaired) electrons. The predicted molar refractivity (Wildman–Crippen MR) is 135 cm³/mol. The van der Waals surface area contributed by atoms with E-state index in [1.165, 1.54) is 34.5 Å². The van der Waals surface area contributed by atoms with Crippen molar-refractivity contribution >= 4 is 11.4 Å². The smallest absolute Gasteiger partial charge is 0.0513 e. The lowest BCUT2D eigenvalue weighted by Crippen LogP contribution is -2.17. The highest BCUT2D eigenvalue weighted by molar-refractivity contribution is 5.58. The Balaban J connectivity index is 0. The van der Waals surface area contributed by atoms with Crippen molar-refractivity contribution in [3.8, 4) is 0 Å². The van der Waals surface area contributed by atoms with Crippen LogP contribution in [0.5, 0.6) is 0 Å². The zero-order valence-electron chi connectivity index (χ0n) is 20.7. The Labute approximate surface area is 181 Å². The van der Waals surface area contributed by atoms with Crippen molar-refractivity contribution in [1.82, 2.24) is 5.32 Å². The number of hydrogen-bond donors (Lipinski definition) is 3. The van der Waals surface area contributed by atoms with Crippen LogP contribution in [0, 0.1) is 6.92 Å². The highest BCUT2D eigenvalue weighted by Gasteiger charge is 2.18. The lowest BCUT2D eigenvalue weighted by molar-refractivity contribution is 0.648. The summed E-state index contributed by atoms with van der Waals surface area (Å²) in [5, 5.41) is 9.94. The number of para-hydroxylation sites is 1. The molecule has 0 aromatic heterocycles. The van der Waals surface area contributed by atoms with E-state index in [0.29, 0.717) is 6.04 Å². The maximum Gasteiger partial charge on any atom is 0.0513 e. The average molecular weight is 402 g/mol. The lowest BCUT2D eigenvalue weighted by Gasteiger charge is -2.06. The van der Waals surface area contributed by atoms with Gasteiger partial charge in [-0.3, -0.25) is 0 Å². The van der Waals surface area contributed by atoms with Crippen LogP contribution >= 0.6 is 0 Å². The minimum absolute atomic E-state index is 0.492. The van der Waals surface area contributed by atoms with E-state index in [1.807, 2.05) is 62.4 Å². The molecule has 0 saturated carbocycles. The first-order chi connectivity index (χ1) is 14.3. The Hall–Kier alpha value is -2.00. The van der Waals surface area contributed by atoms with Crippen molar-refractivity contribution in [2.24, 2.45) is 0 Å². The van der Waals surface area contributed by atoms with E-state index < -0.39 is 0 Å². The van der Waals surface area contributed by atoms with Crippen LogP contribution in [-0.4, -0.2) is 20.1 Å². The molecule has 0 fully saturated rings. The summed E-state index contributed by atoms with van der Waals surface area (Å²) in [7, 11) is 1.99. The third-order valence-corrected chi connectivity index (χ3v) is 4.28. The van der Waals surface area contributed by atoms with Crippen LogP contribution in [-0.2, 0) is 6.42 Å². The van der Waals surface area contributed by atoms with Gasteiger partial charge < -0.3 is 16.0 Å². The maximum atomic E-state index is 3.34. The van der Waals surface area contributed by atoms with Crippen LogP contribution in [0.2, 0.25) is 0 Å². The van der Waals surface area contributed by atoms with Gasteiger partial charge in [0.2, 0.25) is 0 Å². The van der Waals surface area contributed by atoms with Crippen LogP contribution in [0.15, 0.2) is 42.5 Å². The number of benzene rings is 2. The summed E-state index contributed by atoms with van der Waals surface area (Å²) in [6.07, 6.45) is 1.20. The van der Waals surface area contributed by atoms with Gasteiger partial charge in [0.25, 0.3) is 0 Å². The Bertz CT molecular complexity index is 623. The average Bonchev–Trinajstić information content (AvgIpc) is 3.47. The van der Waals surface area contributed by atoms with Crippen molar-refractivity contribution in [3.63, 3.8) is 0 Å². The zero-order chi connectivity index (χ0) is 22.7. The summed E-state index contributed by atoms with van der Waals surface area (Å²) in [6, 6.07) is 15.3. The third kappa shape index (κ3) is 9.36. The molecule has 4 rings (SSSR count). The molecule has 1 atom stereocenters. The molecule has 166 valence electrons. The summed E-state index contributed by atoms with van der Waals surface area (Å²) in [5.74, 6) is 0. The second-order valence-electron chi connectivity index (χ2n) is 5.59. The molecule has 2 aliphatic rings. The van der Waals surface area contributed by atoms with Crippen molar-refractivity contribution in [3.05, 3.63) is 59.2 Å². The van der Waals surface area contributed by atoms with Crippen LogP contribution in [0.3, 0.4) is 0 Å². The van der Waals surface area contributed by atoms with Crippen molar-refractivity contribution in [2.45, 2.75) is 74.8 Å². The first-order valence-corrected chi connectivity index (χ1v) is 11.6. The fourth-order valence-electron chi connectivity index (χ4n) is 3.06. The van der Waals surface area contributed by atoms with Crippen molar-refractivity contribution in [2.75, 3.05) is 30.8 Å². The van der Waals surface area contributed by atoms with Gasteiger partial charge in [-0.05, 0) is 49.2 Å². The molecule has 2 aliphatic heterocycles. The van der Waals surface area contributed by atoms with E-state index in [0.717, 1.165) is 13.1 Å². The molecule has 2 heterocycles. The molecule has 3 nitrogen and oxygen atoms in total. The number of fused-ring (bicyclic) bond motifs is 2. The van der Waals surface area contributed by atoms with Gasteiger partial charge in [0.15, 0.2) is 0 Å². The third-order valence-electron chi connectivity index (χ3n) is 4.28. The maximum absolute atomic E-state index is 3.34. The van der Waals surface area contributed by atoms with E-state index in [2.05, 4.69) is 65.3 Å². The number of aryl methyl sites for hydroxylation is 1. The van der Waals surface area contributed by atoms with Gasteiger partial charge in [-0.1, -0.05) is 85.7 Å². The number of nitrogens with one attached hydrogen (secondary N) is 3. The first kappa shape index (κ1) is 29.2. The normalized spacial score (nSPS) is 13.8. The summed E-state index contributed by atoms with van der Waals surface area (Å²) in [4.78, 5) is 0. The molecule has 1 unspecified atom stereocenters. The van der Waals surface area contributed by atoms with Gasteiger partial charge >= 0.3 is 0 Å². The topological polar surface area (TPSA) is 36.1 Å². The molecule has 3 N–H and O–H groups in total. The van der Waals surface area contributed by atoms with Gasteiger partial charge in [0.05, 0.1) is 6.04 Å². The predicted octanol–water partition coefficient (Wildman–Crippen LogP) is 7.44. The van der Waals surface area contributed by atoms with Gasteiger partial charge in [-0.2, -0.15) is 0 Å². The SMILES string of the molecule is CC.CC.CC.CC.CNC1CNc2ccccc21.Cc1cccc2c1CCN2. The molecule has 0 spiro atoms. The molecule has 29 heavy (non-hydrogen) atoms. The van der Waals surface area contributed by atoms with Crippen LogP contribution < -0.4 is 16.0 Å². The second-order valence-corrected chi connectivity index (χ2v) is 5.59. The monoisotopic (exact) mass is 401 g/mol. The number of likely N-dealkylation sites (N-methyl/N-ethyl adjacent to an activating group) is 1. The van der Waals surface area contributed by atoms with Crippen LogP contribution in [0.25, 0.3) is 0 Å². The fourth-order valence-corrected chi connectivity index (χ4v) is 3.06. The number of rotatable bonds is 1. The van der Waals surface area contributed by atoms with Crippen molar-refractivity contribution < 1.29 is 0 Å². The number of anilines is 2. The van der Waals surface area contributed by atoms with Gasteiger partial charge in [-0.15, -0.1) is 0 Å². The second kappa shape index (κ2) is 19.3. The molecule has 3 heteroatoms. The Morgan fingerprint density at radius 3 is 1.93 bits per heavy atom. The Morgan fingerprint density at radius 2 is 1.34 bits per heavy atom. The summed E-state index contributed by atoms with van der Waals surface area (Å²) in [5.41, 5.74) is 6.91. The first-order valence-electron chi connectivity index (χ1n) is 11.6.